The number of halogens is 3. The highest BCUT2D eigenvalue weighted by Gasteiger charge is 2.36. The Hall–Kier alpha value is -3.54. The van der Waals surface area contributed by atoms with Crippen LogP contribution < -0.4 is 25.0 Å². The van der Waals surface area contributed by atoms with Gasteiger partial charge in [0.2, 0.25) is 11.8 Å². The molecule has 0 bridgehead atoms. The Morgan fingerprint density at radius 1 is 1.27 bits per heavy atom. The molecule has 2 aromatic rings. The molecule has 0 radical (unpaired) electrons. The lowest BCUT2D eigenvalue weighted by Gasteiger charge is -2.34. The number of urea groups is 1. The number of nitrogens with one attached hydrogen (secondary N) is 2. The molecular weight excluding hydrogens is 445 g/mol. The Morgan fingerprint density at radius 3 is 2.45 bits per heavy atom. The van der Waals surface area contributed by atoms with Crippen molar-refractivity contribution in [2.24, 2.45) is 0 Å². The van der Waals surface area contributed by atoms with Gasteiger partial charge in [-0.1, -0.05) is 12.1 Å². The lowest BCUT2D eigenvalue weighted by Crippen LogP contribution is -2.51. The molecule has 0 unspecified atom stereocenters. The van der Waals surface area contributed by atoms with Gasteiger partial charge in [0.1, 0.15) is 12.3 Å². The van der Waals surface area contributed by atoms with Crippen LogP contribution in [0.2, 0.25) is 0 Å². The number of aliphatic hydroxyl groups is 1. The zero-order valence-electron chi connectivity index (χ0n) is 18.3. The van der Waals surface area contributed by atoms with Crippen molar-refractivity contribution < 1.29 is 37.3 Å². The number of benzene rings is 1. The molecule has 0 fully saturated rings. The number of anilines is 2. The molecule has 12 heteroatoms. The molecule has 3 rings (SSSR count). The highest BCUT2D eigenvalue weighted by molar-refractivity contribution is 6.08. The van der Waals surface area contributed by atoms with E-state index in [0.717, 1.165) is 17.0 Å². The van der Waals surface area contributed by atoms with E-state index in [1.54, 1.807) is 13.0 Å². The van der Waals surface area contributed by atoms with E-state index >= 15 is 0 Å². The fourth-order valence-electron chi connectivity index (χ4n) is 3.40. The fraction of sp³-hybridized carbons (Fsp3) is 0.381. The van der Waals surface area contributed by atoms with Gasteiger partial charge in [-0.05, 0) is 44.5 Å². The number of pyridine rings is 1. The van der Waals surface area contributed by atoms with Crippen molar-refractivity contribution in [1.82, 2.24) is 10.3 Å². The summed E-state index contributed by atoms with van der Waals surface area (Å²) in [6, 6.07) is 4.58. The number of fused-ring (bicyclic) bond motifs is 1. The summed E-state index contributed by atoms with van der Waals surface area (Å²) in [6.45, 7) is 4.25. The summed E-state index contributed by atoms with van der Waals surface area (Å²) in [4.78, 5) is 30.7. The summed E-state index contributed by atoms with van der Waals surface area (Å²) < 4.78 is 46.3. The minimum atomic E-state index is -4.85. The molecule has 2 heterocycles. The van der Waals surface area contributed by atoms with E-state index < -0.39 is 35.7 Å². The third-order valence-electron chi connectivity index (χ3n) is 4.84. The van der Waals surface area contributed by atoms with E-state index in [1.165, 1.54) is 33.1 Å². The number of methoxy groups -OCH3 is 1. The molecule has 0 saturated heterocycles. The molecule has 1 atom stereocenters. The number of nitrogens with zero attached hydrogens (tertiary/aromatic N) is 2. The van der Waals surface area contributed by atoms with Crippen molar-refractivity contribution in [1.29, 1.82) is 0 Å². The first-order chi connectivity index (χ1) is 15.3. The summed E-state index contributed by atoms with van der Waals surface area (Å²) in [5.41, 5.74) is -0.231. The summed E-state index contributed by atoms with van der Waals surface area (Å²) in [5.74, 6) is -0.474. The van der Waals surface area contributed by atoms with Crippen LogP contribution in [0.15, 0.2) is 30.3 Å². The van der Waals surface area contributed by atoms with Crippen molar-refractivity contribution in [3.8, 4) is 11.6 Å². The van der Waals surface area contributed by atoms with E-state index in [-0.39, 0.29) is 18.2 Å². The number of amides is 3. The predicted molar refractivity (Wildman–Crippen MR) is 112 cm³/mol. The van der Waals surface area contributed by atoms with E-state index in [1.807, 2.05) is 0 Å². The standard InChI is InChI=1S/C21H23F3N4O5/c1-11-9-14-17(27-18(11)32-4)28(10-15(29)25-14)19(30)26-16(20(2,3)31)12-5-7-13(8-6-12)33-21(22,23)24/h5-9,16,31H,10H2,1-4H3,(H,25,29)(H,26,30)/t16-/m1/s1. The quantitative estimate of drug-likeness (QED) is 0.621. The molecule has 1 aromatic heterocycles. The Balaban J connectivity index is 1.90. The molecule has 33 heavy (non-hydrogen) atoms. The number of carbonyl (C=O) groups excluding carboxylic acids is 2. The molecule has 1 aliphatic rings. The van der Waals surface area contributed by atoms with Crippen LogP contribution >= 0.6 is 0 Å². The van der Waals surface area contributed by atoms with Gasteiger partial charge in [-0.2, -0.15) is 4.98 Å². The molecule has 1 aromatic carbocycles. The SMILES string of the molecule is COc1nc2c(cc1C)NC(=O)CN2C(=O)N[C@H](c1ccc(OC(F)(F)F)cc1)C(C)(C)O. The van der Waals surface area contributed by atoms with E-state index in [0.29, 0.717) is 16.8 Å². The van der Waals surface area contributed by atoms with Crippen LogP contribution in [-0.2, 0) is 4.79 Å². The van der Waals surface area contributed by atoms with E-state index in [4.69, 9.17) is 4.74 Å². The number of alkyl halides is 3. The maximum atomic E-state index is 13.1. The van der Waals surface area contributed by atoms with Gasteiger partial charge in [0, 0.05) is 5.56 Å². The second-order valence-electron chi connectivity index (χ2n) is 7.97. The van der Waals surface area contributed by atoms with Gasteiger partial charge < -0.3 is 25.2 Å². The van der Waals surface area contributed by atoms with Gasteiger partial charge in [0.15, 0.2) is 5.82 Å². The van der Waals surface area contributed by atoms with Gasteiger partial charge >= 0.3 is 12.4 Å². The van der Waals surface area contributed by atoms with Crippen molar-refractivity contribution in [2.45, 2.75) is 38.8 Å². The number of hydrogen-bond acceptors (Lipinski definition) is 6. The van der Waals surface area contributed by atoms with Gasteiger partial charge in [-0.25, -0.2) is 4.79 Å². The lowest BCUT2D eigenvalue weighted by molar-refractivity contribution is -0.274. The van der Waals surface area contributed by atoms with Gasteiger partial charge in [0.05, 0.1) is 24.4 Å². The summed E-state index contributed by atoms with van der Waals surface area (Å²) in [6.07, 6.45) is -4.85. The Labute approximate surface area is 187 Å². The second kappa shape index (κ2) is 8.77. The van der Waals surface area contributed by atoms with Crippen molar-refractivity contribution >= 4 is 23.4 Å². The fourth-order valence-corrected chi connectivity index (χ4v) is 3.40. The molecule has 3 amide bonds. The van der Waals surface area contributed by atoms with Gasteiger partial charge in [-0.3, -0.25) is 9.69 Å². The molecule has 3 N–H and O–H groups in total. The van der Waals surface area contributed by atoms with Crippen LogP contribution in [0.4, 0.5) is 29.5 Å². The average molecular weight is 468 g/mol. The summed E-state index contributed by atoms with van der Waals surface area (Å²) in [7, 11) is 1.42. The molecule has 178 valence electrons. The van der Waals surface area contributed by atoms with Crippen molar-refractivity contribution in [3.63, 3.8) is 0 Å². The van der Waals surface area contributed by atoms with Crippen LogP contribution in [0.5, 0.6) is 11.6 Å². The largest absolute Gasteiger partial charge is 0.573 e. The molecule has 0 aliphatic carbocycles. The normalized spacial score (nSPS) is 14.8. The molecule has 9 nitrogen and oxygen atoms in total. The van der Waals surface area contributed by atoms with Gasteiger partial charge in [-0.15, -0.1) is 13.2 Å². The molecule has 0 saturated carbocycles. The van der Waals surface area contributed by atoms with Crippen LogP contribution in [0.1, 0.15) is 31.0 Å². The zero-order chi connectivity index (χ0) is 24.6. The third-order valence-corrected chi connectivity index (χ3v) is 4.84. The lowest BCUT2D eigenvalue weighted by atomic mass is 9.92. The summed E-state index contributed by atoms with van der Waals surface area (Å²) >= 11 is 0. The second-order valence-corrected chi connectivity index (χ2v) is 7.97. The molecule has 1 aliphatic heterocycles. The minimum Gasteiger partial charge on any atom is -0.481 e. The molecular formula is C21H23F3N4O5. The van der Waals surface area contributed by atoms with Crippen molar-refractivity contribution in [2.75, 3.05) is 23.9 Å². The Morgan fingerprint density at radius 2 is 1.91 bits per heavy atom. The monoisotopic (exact) mass is 468 g/mol. The smallest absolute Gasteiger partial charge is 0.481 e. The first-order valence-corrected chi connectivity index (χ1v) is 9.80. The Kier molecular flexibility index (Phi) is 6.41. The third kappa shape index (κ3) is 5.64. The maximum Gasteiger partial charge on any atom is 0.573 e. The maximum absolute atomic E-state index is 13.1. The summed E-state index contributed by atoms with van der Waals surface area (Å²) in [5, 5.41) is 15.9. The van der Waals surface area contributed by atoms with Crippen LogP contribution in [-0.4, -0.2) is 47.6 Å². The highest BCUT2D eigenvalue weighted by atomic mass is 19.4. The number of aromatic nitrogens is 1. The van der Waals surface area contributed by atoms with Crippen molar-refractivity contribution in [3.05, 3.63) is 41.5 Å². The molecule has 0 spiro atoms. The first kappa shape index (κ1) is 24.1. The first-order valence-electron chi connectivity index (χ1n) is 9.80. The topological polar surface area (TPSA) is 113 Å². The van der Waals surface area contributed by atoms with Crippen LogP contribution in [0.3, 0.4) is 0 Å². The number of rotatable bonds is 5. The van der Waals surface area contributed by atoms with E-state index in [2.05, 4.69) is 20.4 Å². The number of hydrogen-bond donors (Lipinski definition) is 3. The Bertz CT molecular complexity index is 1050. The average Bonchev–Trinajstić information content (AvgIpc) is 2.69. The number of aryl methyl sites for hydroxylation is 1. The predicted octanol–water partition coefficient (Wildman–Crippen LogP) is 3.28. The van der Waals surface area contributed by atoms with Gasteiger partial charge in [0.25, 0.3) is 0 Å². The van der Waals surface area contributed by atoms with Crippen LogP contribution in [0.25, 0.3) is 0 Å². The minimum absolute atomic E-state index is 0.151. The van der Waals surface area contributed by atoms with E-state index in [9.17, 15) is 27.9 Å². The van der Waals surface area contributed by atoms with Crippen LogP contribution in [0, 0.1) is 6.92 Å². The zero-order valence-corrected chi connectivity index (χ0v) is 18.3. The highest BCUT2D eigenvalue weighted by Crippen LogP contribution is 2.34. The number of ether oxygens (including phenoxy) is 2. The number of carbonyl (C=O) groups is 2.